The van der Waals surface area contributed by atoms with Gasteiger partial charge in [-0.3, -0.25) is 19.7 Å². The molecule has 7 heteroatoms. The van der Waals surface area contributed by atoms with E-state index in [0.29, 0.717) is 30.6 Å². The quantitative estimate of drug-likeness (QED) is 0.741. The van der Waals surface area contributed by atoms with E-state index in [1.54, 1.807) is 11.0 Å². The van der Waals surface area contributed by atoms with Gasteiger partial charge in [0.05, 0.1) is 0 Å². The molecule has 0 radical (unpaired) electrons. The van der Waals surface area contributed by atoms with Crippen molar-refractivity contribution in [3.05, 3.63) is 29.3 Å². The normalized spacial score (nSPS) is 27.2. The van der Waals surface area contributed by atoms with Gasteiger partial charge in [0.2, 0.25) is 11.8 Å². The molecule has 0 aromatic heterocycles. The molecule has 2 aliphatic heterocycles. The summed E-state index contributed by atoms with van der Waals surface area (Å²) in [6.07, 6.45) is 5.25. The van der Waals surface area contributed by atoms with Gasteiger partial charge in [-0.05, 0) is 49.4 Å². The Morgan fingerprint density at radius 2 is 1.93 bits per heavy atom. The Bertz CT molecular complexity index is 822. The van der Waals surface area contributed by atoms with Crippen LogP contribution in [0.5, 0.6) is 5.75 Å². The van der Waals surface area contributed by atoms with Crippen LogP contribution in [0.15, 0.2) is 18.2 Å². The van der Waals surface area contributed by atoms with E-state index in [4.69, 9.17) is 4.74 Å². The number of carbonyl (C=O) groups is 3. The minimum absolute atomic E-state index is 0.118. The third kappa shape index (κ3) is 4.15. The van der Waals surface area contributed by atoms with Gasteiger partial charge in [0, 0.05) is 30.6 Å². The summed E-state index contributed by atoms with van der Waals surface area (Å²) in [5, 5.41) is 5.95. The molecule has 0 spiro atoms. The predicted molar refractivity (Wildman–Crippen MR) is 107 cm³/mol. The van der Waals surface area contributed by atoms with Gasteiger partial charge in [0.1, 0.15) is 17.9 Å². The number of carbonyl (C=O) groups excluding carboxylic acids is 3. The van der Waals surface area contributed by atoms with E-state index in [1.807, 2.05) is 12.1 Å². The van der Waals surface area contributed by atoms with Crippen LogP contribution in [0, 0.1) is 0 Å². The number of nitrogens with zero attached hydrogens (tertiary/aromatic N) is 1. The van der Waals surface area contributed by atoms with E-state index >= 15 is 0 Å². The molecule has 4 rings (SSSR count). The number of hydrogen-bond acceptors (Lipinski definition) is 5. The highest BCUT2D eigenvalue weighted by molar-refractivity contribution is 6.05. The largest absolute Gasteiger partial charge is 0.489 e. The third-order valence-corrected chi connectivity index (χ3v) is 6.03. The SMILES string of the molecule is CC(C)N[C@H]1CCCC[C@H]1Oc1ccc2c(c1)CN(C1CCC(=O)NC1=O)C2=O. The topological polar surface area (TPSA) is 87.7 Å². The molecule has 29 heavy (non-hydrogen) atoms. The summed E-state index contributed by atoms with van der Waals surface area (Å²) in [7, 11) is 0. The minimum atomic E-state index is -0.588. The number of piperidine rings is 1. The molecule has 3 aliphatic rings. The van der Waals surface area contributed by atoms with Gasteiger partial charge in [0.15, 0.2) is 0 Å². The van der Waals surface area contributed by atoms with Crippen molar-refractivity contribution in [3.8, 4) is 5.75 Å². The molecular formula is C22H29N3O4. The zero-order valence-corrected chi connectivity index (χ0v) is 17.1. The predicted octanol–water partition coefficient (Wildman–Crippen LogP) is 2.14. The summed E-state index contributed by atoms with van der Waals surface area (Å²) in [4.78, 5) is 38.0. The monoisotopic (exact) mass is 399 g/mol. The van der Waals surface area contributed by atoms with Gasteiger partial charge in [-0.15, -0.1) is 0 Å². The second-order valence-corrected chi connectivity index (χ2v) is 8.59. The van der Waals surface area contributed by atoms with Crippen LogP contribution in [-0.4, -0.2) is 46.9 Å². The van der Waals surface area contributed by atoms with Gasteiger partial charge >= 0.3 is 0 Å². The Hall–Kier alpha value is -2.41. The number of benzene rings is 1. The molecule has 156 valence electrons. The highest BCUT2D eigenvalue weighted by atomic mass is 16.5. The number of imide groups is 1. The van der Waals surface area contributed by atoms with Crippen molar-refractivity contribution < 1.29 is 19.1 Å². The molecule has 1 aliphatic carbocycles. The Morgan fingerprint density at radius 1 is 1.14 bits per heavy atom. The molecule has 2 fully saturated rings. The van der Waals surface area contributed by atoms with Crippen LogP contribution < -0.4 is 15.4 Å². The fourth-order valence-electron chi connectivity index (χ4n) is 4.66. The Kier molecular flexibility index (Phi) is 5.58. The van der Waals surface area contributed by atoms with Crippen molar-refractivity contribution in [1.29, 1.82) is 0 Å². The van der Waals surface area contributed by atoms with Crippen molar-refractivity contribution in [2.45, 2.75) is 83.1 Å². The second-order valence-electron chi connectivity index (χ2n) is 8.59. The lowest BCUT2D eigenvalue weighted by molar-refractivity contribution is -0.136. The van der Waals surface area contributed by atoms with Gasteiger partial charge in [-0.1, -0.05) is 20.3 Å². The molecule has 7 nitrogen and oxygen atoms in total. The third-order valence-electron chi connectivity index (χ3n) is 6.03. The Labute approximate surface area is 171 Å². The van der Waals surface area contributed by atoms with Crippen molar-refractivity contribution in [2.75, 3.05) is 0 Å². The molecular weight excluding hydrogens is 370 g/mol. The first-order valence-corrected chi connectivity index (χ1v) is 10.6. The smallest absolute Gasteiger partial charge is 0.255 e. The molecule has 1 aromatic carbocycles. The number of nitrogens with one attached hydrogen (secondary N) is 2. The number of amides is 3. The van der Waals surface area contributed by atoms with Gasteiger partial charge < -0.3 is 15.0 Å². The van der Waals surface area contributed by atoms with Crippen LogP contribution in [0.2, 0.25) is 0 Å². The van der Waals surface area contributed by atoms with Crippen LogP contribution in [0.4, 0.5) is 0 Å². The average molecular weight is 399 g/mol. The average Bonchev–Trinajstić information content (AvgIpc) is 2.99. The highest BCUT2D eigenvalue weighted by Crippen LogP contribution is 2.32. The van der Waals surface area contributed by atoms with E-state index in [2.05, 4.69) is 24.5 Å². The van der Waals surface area contributed by atoms with Crippen LogP contribution in [0.3, 0.4) is 0 Å². The van der Waals surface area contributed by atoms with E-state index < -0.39 is 6.04 Å². The summed E-state index contributed by atoms with van der Waals surface area (Å²) in [6.45, 7) is 4.67. The van der Waals surface area contributed by atoms with E-state index in [0.717, 1.165) is 30.6 Å². The molecule has 0 bridgehead atoms. The number of rotatable bonds is 5. The van der Waals surface area contributed by atoms with E-state index in [1.165, 1.54) is 6.42 Å². The first-order chi connectivity index (χ1) is 13.9. The standard InChI is InChI=1S/C22H29N3O4/c1-13(2)23-17-5-3-4-6-19(17)29-15-7-8-16-14(11-15)12-25(22(16)28)18-9-10-20(26)24-21(18)27/h7-8,11,13,17-19,23H,3-6,9-10,12H2,1-2H3,(H,24,26,27)/t17-,18?,19+/m0/s1. The van der Waals surface area contributed by atoms with E-state index in [-0.39, 0.29) is 30.2 Å². The molecule has 1 saturated carbocycles. The first-order valence-electron chi connectivity index (χ1n) is 10.6. The number of fused-ring (bicyclic) bond motifs is 1. The fourth-order valence-corrected chi connectivity index (χ4v) is 4.66. The lowest BCUT2D eigenvalue weighted by atomic mass is 9.92. The number of ether oxygens (including phenoxy) is 1. The molecule has 1 saturated heterocycles. The lowest BCUT2D eigenvalue weighted by Gasteiger charge is -2.34. The summed E-state index contributed by atoms with van der Waals surface area (Å²) in [6, 6.07) is 5.73. The first kappa shape index (κ1) is 19.9. The van der Waals surface area contributed by atoms with Gasteiger partial charge in [0.25, 0.3) is 5.91 Å². The molecule has 2 N–H and O–H groups in total. The summed E-state index contributed by atoms with van der Waals surface area (Å²) in [5.41, 5.74) is 1.49. The fraction of sp³-hybridized carbons (Fsp3) is 0.591. The molecule has 1 aromatic rings. The number of hydrogen-bond donors (Lipinski definition) is 2. The van der Waals surface area contributed by atoms with Crippen molar-refractivity contribution in [1.82, 2.24) is 15.5 Å². The Balaban J connectivity index is 1.47. The zero-order chi connectivity index (χ0) is 20.5. The van der Waals surface area contributed by atoms with Crippen molar-refractivity contribution in [3.63, 3.8) is 0 Å². The summed E-state index contributed by atoms with van der Waals surface area (Å²) < 4.78 is 6.33. The molecule has 3 amide bonds. The van der Waals surface area contributed by atoms with Gasteiger partial charge in [-0.25, -0.2) is 0 Å². The lowest BCUT2D eigenvalue weighted by Crippen LogP contribution is -2.52. The van der Waals surface area contributed by atoms with Crippen LogP contribution in [-0.2, 0) is 16.1 Å². The molecule has 1 unspecified atom stereocenters. The van der Waals surface area contributed by atoms with Crippen LogP contribution >= 0.6 is 0 Å². The van der Waals surface area contributed by atoms with Crippen molar-refractivity contribution in [2.24, 2.45) is 0 Å². The second kappa shape index (κ2) is 8.14. The van der Waals surface area contributed by atoms with Crippen molar-refractivity contribution >= 4 is 17.7 Å². The maximum atomic E-state index is 12.8. The summed E-state index contributed by atoms with van der Waals surface area (Å²) >= 11 is 0. The van der Waals surface area contributed by atoms with Gasteiger partial charge in [-0.2, -0.15) is 0 Å². The molecule has 2 heterocycles. The zero-order valence-electron chi connectivity index (χ0n) is 17.1. The maximum absolute atomic E-state index is 12.8. The minimum Gasteiger partial charge on any atom is -0.489 e. The molecule has 3 atom stereocenters. The Morgan fingerprint density at radius 3 is 2.69 bits per heavy atom. The van der Waals surface area contributed by atoms with Crippen LogP contribution in [0.25, 0.3) is 0 Å². The van der Waals surface area contributed by atoms with Crippen LogP contribution in [0.1, 0.15) is 68.3 Å². The summed E-state index contributed by atoms with van der Waals surface area (Å²) in [5.74, 6) is -0.0472. The highest BCUT2D eigenvalue weighted by Gasteiger charge is 2.39. The van der Waals surface area contributed by atoms with E-state index in [9.17, 15) is 14.4 Å². The maximum Gasteiger partial charge on any atom is 0.255 e.